The summed E-state index contributed by atoms with van der Waals surface area (Å²) in [6.07, 6.45) is 0. The second-order valence-corrected chi connectivity index (χ2v) is 3.29. The van der Waals surface area contributed by atoms with Crippen LogP contribution in [-0.4, -0.2) is 21.3 Å². The van der Waals surface area contributed by atoms with Crippen LogP contribution >= 0.6 is 0 Å². The van der Waals surface area contributed by atoms with Crippen LogP contribution in [-0.2, 0) is 0 Å². The molecule has 4 nitrogen and oxygen atoms in total. The molecule has 0 radical (unpaired) electrons. The molecule has 0 aliphatic carbocycles. The van der Waals surface area contributed by atoms with Crippen LogP contribution in [0, 0.1) is 6.92 Å². The molecule has 0 aliphatic rings. The van der Waals surface area contributed by atoms with Gasteiger partial charge in [0, 0.05) is 11.3 Å². The molecule has 0 amide bonds. The van der Waals surface area contributed by atoms with Crippen LogP contribution in [0.5, 0.6) is 0 Å². The van der Waals surface area contributed by atoms with Gasteiger partial charge in [0.1, 0.15) is 0 Å². The molecule has 2 rings (SSSR count). The largest absolute Gasteiger partial charge is 0.478 e. The lowest BCUT2D eigenvalue weighted by Crippen LogP contribution is -1.98. The Balaban J connectivity index is 2.57. The fourth-order valence-corrected chi connectivity index (χ4v) is 1.45. The Bertz CT molecular complexity index is 503. The first-order valence-corrected chi connectivity index (χ1v) is 4.53. The highest BCUT2D eigenvalue weighted by atomic mass is 16.4. The summed E-state index contributed by atoms with van der Waals surface area (Å²) < 4.78 is 0. The zero-order chi connectivity index (χ0) is 10.8. The first-order chi connectivity index (χ1) is 7.18. The Morgan fingerprint density at radius 2 is 2.13 bits per heavy atom. The number of carboxylic acid groups (broad SMARTS) is 1. The molecule has 1 aromatic carbocycles. The Hall–Kier alpha value is -2.10. The van der Waals surface area contributed by atoms with Crippen molar-refractivity contribution in [1.29, 1.82) is 0 Å². The molecule has 0 spiro atoms. The number of nitrogens with one attached hydrogen (secondary N) is 1. The molecule has 76 valence electrons. The van der Waals surface area contributed by atoms with Crippen molar-refractivity contribution in [2.24, 2.45) is 0 Å². The standard InChI is InChI=1S/C11H10N2O2/c1-7-6-10(13-12-7)8-4-2-3-5-9(8)11(14)15/h2-6H,1H3,(H,12,13)(H,14,15). The molecule has 15 heavy (non-hydrogen) atoms. The Morgan fingerprint density at radius 3 is 2.73 bits per heavy atom. The molecule has 0 fully saturated rings. The highest BCUT2D eigenvalue weighted by Crippen LogP contribution is 2.21. The number of carboxylic acids is 1. The van der Waals surface area contributed by atoms with Gasteiger partial charge >= 0.3 is 5.97 Å². The van der Waals surface area contributed by atoms with Crippen LogP contribution in [0.1, 0.15) is 16.1 Å². The monoisotopic (exact) mass is 202 g/mol. The molecule has 0 unspecified atom stereocenters. The van der Waals surface area contributed by atoms with Gasteiger partial charge in [0.15, 0.2) is 0 Å². The fraction of sp³-hybridized carbons (Fsp3) is 0.0909. The zero-order valence-corrected chi connectivity index (χ0v) is 8.19. The van der Waals surface area contributed by atoms with Crippen LogP contribution in [0.2, 0.25) is 0 Å². The summed E-state index contributed by atoms with van der Waals surface area (Å²) in [7, 11) is 0. The van der Waals surface area contributed by atoms with Gasteiger partial charge in [-0.25, -0.2) is 4.79 Å². The Morgan fingerprint density at radius 1 is 1.40 bits per heavy atom. The molecule has 2 aromatic rings. The van der Waals surface area contributed by atoms with Crippen LogP contribution in [0.3, 0.4) is 0 Å². The minimum Gasteiger partial charge on any atom is -0.478 e. The number of hydrogen-bond donors (Lipinski definition) is 2. The summed E-state index contributed by atoms with van der Waals surface area (Å²) >= 11 is 0. The van der Waals surface area contributed by atoms with Crippen molar-refractivity contribution in [2.45, 2.75) is 6.92 Å². The minimum absolute atomic E-state index is 0.268. The van der Waals surface area contributed by atoms with Gasteiger partial charge in [0.2, 0.25) is 0 Å². The predicted octanol–water partition coefficient (Wildman–Crippen LogP) is 2.08. The van der Waals surface area contributed by atoms with E-state index in [1.54, 1.807) is 24.3 Å². The molecule has 0 saturated heterocycles. The van der Waals surface area contributed by atoms with Crippen LogP contribution in [0.4, 0.5) is 0 Å². The maximum Gasteiger partial charge on any atom is 0.336 e. The summed E-state index contributed by atoms with van der Waals surface area (Å²) in [4.78, 5) is 11.0. The number of nitrogens with zero attached hydrogens (tertiary/aromatic N) is 1. The molecule has 4 heteroatoms. The van der Waals surface area contributed by atoms with E-state index < -0.39 is 5.97 Å². The van der Waals surface area contributed by atoms with Gasteiger partial charge in [0.25, 0.3) is 0 Å². The maximum atomic E-state index is 11.0. The number of rotatable bonds is 2. The van der Waals surface area contributed by atoms with E-state index in [2.05, 4.69) is 10.2 Å². The number of aromatic carboxylic acids is 1. The average molecular weight is 202 g/mol. The zero-order valence-electron chi connectivity index (χ0n) is 8.19. The molecule has 0 atom stereocenters. The summed E-state index contributed by atoms with van der Waals surface area (Å²) in [5, 5.41) is 15.8. The van der Waals surface area contributed by atoms with Crippen molar-refractivity contribution in [3.8, 4) is 11.3 Å². The lowest BCUT2D eigenvalue weighted by atomic mass is 10.0. The van der Waals surface area contributed by atoms with Crippen molar-refractivity contribution in [3.05, 3.63) is 41.6 Å². The van der Waals surface area contributed by atoms with E-state index in [1.807, 2.05) is 13.0 Å². The third-order valence-corrected chi connectivity index (χ3v) is 2.14. The smallest absolute Gasteiger partial charge is 0.336 e. The second-order valence-electron chi connectivity index (χ2n) is 3.29. The number of aryl methyl sites for hydroxylation is 1. The van der Waals surface area contributed by atoms with Gasteiger partial charge in [0.05, 0.1) is 11.3 Å². The average Bonchev–Trinajstić information content (AvgIpc) is 2.65. The summed E-state index contributed by atoms with van der Waals surface area (Å²) in [5.74, 6) is -0.939. The molecule has 1 aromatic heterocycles. The number of benzene rings is 1. The molecule has 0 bridgehead atoms. The Labute approximate surface area is 86.6 Å². The van der Waals surface area contributed by atoms with Crippen molar-refractivity contribution >= 4 is 5.97 Å². The van der Waals surface area contributed by atoms with E-state index >= 15 is 0 Å². The van der Waals surface area contributed by atoms with Crippen LogP contribution in [0.25, 0.3) is 11.3 Å². The number of carbonyl (C=O) groups is 1. The van der Waals surface area contributed by atoms with Crippen molar-refractivity contribution in [3.63, 3.8) is 0 Å². The summed E-state index contributed by atoms with van der Waals surface area (Å²) in [5.41, 5.74) is 2.47. The van der Waals surface area contributed by atoms with E-state index in [0.29, 0.717) is 11.3 Å². The van der Waals surface area contributed by atoms with Gasteiger partial charge in [-0.2, -0.15) is 5.10 Å². The molecule has 0 saturated carbocycles. The number of aromatic nitrogens is 2. The van der Waals surface area contributed by atoms with E-state index in [-0.39, 0.29) is 5.56 Å². The summed E-state index contributed by atoms with van der Waals surface area (Å²) in [6.45, 7) is 1.87. The van der Waals surface area contributed by atoms with Crippen molar-refractivity contribution in [1.82, 2.24) is 10.2 Å². The predicted molar refractivity (Wildman–Crippen MR) is 55.7 cm³/mol. The van der Waals surface area contributed by atoms with Crippen molar-refractivity contribution < 1.29 is 9.90 Å². The van der Waals surface area contributed by atoms with Gasteiger partial charge in [-0.15, -0.1) is 0 Å². The Kier molecular flexibility index (Phi) is 2.25. The SMILES string of the molecule is Cc1cc(-c2ccccc2C(=O)O)n[nH]1. The van der Waals surface area contributed by atoms with E-state index in [4.69, 9.17) is 5.11 Å². The summed E-state index contributed by atoms with van der Waals surface area (Å²) in [6, 6.07) is 8.64. The number of H-pyrrole nitrogens is 1. The van der Waals surface area contributed by atoms with E-state index in [9.17, 15) is 4.79 Å². The number of aromatic amines is 1. The second kappa shape index (κ2) is 3.57. The first kappa shape index (κ1) is 9.45. The lowest BCUT2D eigenvalue weighted by Gasteiger charge is -2.01. The minimum atomic E-state index is -0.939. The van der Waals surface area contributed by atoms with Gasteiger partial charge in [-0.3, -0.25) is 5.10 Å². The highest BCUT2D eigenvalue weighted by Gasteiger charge is 2.12. The van der Waals surface area contributed by atoms with E-state index in [0.717, 1.165) is 5.69 Å². The third kappa shape index (κ3) is 1.74. The van der Waals surface area contributed by atoms with Gasteiger partial charge < -0.3 is 5.11 Å². The normalized spacial score (nSPS) is 10.2. The molecule has 0 aliphatic heterocycles. The van der Waals surface area contributed by atoms with Crippen molar-refractivity contribution in [2.75, 3.05) is 0 Å². The highest BCUT2D eigenvalue weighted by molar-refractivity contribution is 5.95. The van der Waals surface area contributed by atoms with Crippen LogP contribution < -0.4 is 0 Å². The topological polar surface area (TPSA) is 66.0 Å². The van der Waals surface area contributed by atoms with Gasteiger partial charge in [-0.05, 0) is 19.1 Å². The number of hydrogen-bond acceptors (Lipinski definition) is 2. The van der Waals surface area contributed by atoms with Gasteiger partial charge in [-0.1, -0.05) is 18.2 Å². The quantitative estimate of drug-likeness (QED) is 0.783. The fourth-order valence-electron chi connectivity index (χ4n) is 1.45. The molecule has 1 heterocycles. The lowest BCUT2D eigenvalue weighted by molar-refractivity contribution is 0.0697. The van der Waals surface area contributed by atoms with E-state index in [1.165, 1.54) is 0 Å². The third-order valence-electron chi connectivity index (χ3n) is 2.14. The molecule has 2 N–H and O–H groups in total. The first-order valence-electron chi connectivity index (χ1n) is 4.53. The molecular formula is C11H10N2O2. The molecular weight excluding hydrogens is 192 g/mol. The van der Waals surface area contributed by atoms with Crippen LogP contribution in [0.15, 0.2) is 30.3 Å². The maximum absolute atomic E-state index is 11.0.